The van der Waals surface area contributed by atoms with E-state index in [9.17, 15) is 4.79 Å². The van der Waals surface area contributed by atoms with Crippen LogP contribution in [0.2, 0.25) is 0 Å². The minimum absolute atomic E-state index is 0.0727. The Hall–Kier alpha value is -2.01. The number of allylic oxidation sites excluding steroid dienone is 1. The molecule has 1 saturated heterocycles. The van der Waals surface area contributed by atoms with Gasteiger partial charge >= 0.3 is 6.03 Å². The van der Waals surface area contributed by atoms with Gasteiger partial charge in [0.2, 0.25) is 0 Å². The Kier molecular flexibility index (Phi) is 6.34. The van der Waals surface area contributed by atoms with Crippen molar-refractivity contribution in [1.82, 2.24) is 10.2 Å². The van der Waals surface area contributed by atoms with E-state index in [0.29, 0.717) is 6.61 Å². The lowest BCUT2D eigenvalue weighted by atomic mass is 10.0. The molecule has 3 rings (SSSR count). The number of para-hydroxylation sites is 1. The molecule has 0 aromatic heterocycles. The molecule has 1 atom stereocenters. The Bertz CT molecular complexity index is 594. The van der Waals surface area contributed by atoms with Crippen LogP contribution in [0.25, 0.3) is 0 Å². The average molecular weight is 344 g/mol. The van der Waals surface area contributed by atoms with E-state index in [1.54, 1.807) is 7.11 Å². The highest BCUT2D eigenvalue weighted by molar-refractivity contribution is 5.74. The van der Waals surface area contributed by atoms with Crippen molar-refractivity contribution in [3.05, 3.63) is 42.0 Å². The van der Waals surface area contributed by atoms with Gasteiger partial charge < -0.3 is 19.7 Å². The second-order valence-electron chi connectivity index (χ2n) is 6.74. The molecule has 0 saturated carbocycles. The Labute approximate surface area is 150 Å². The monoisotopic (exact) mass is 344 g/mol. The molecule has 5 heteroatoms. The number of amides is 2. The summed E-state index contributed by atoms with van der Waals surface area (Å²) in [7, 11) is 1.68. The SMILES string of the molecule is COc1ccccc1COC1CCN(C(=O)N[C@H]2CC=CCC2)CC1. The smallest absolute Gasteiger partial charge is 0.317 e. The molecule has 1 heterocycles. The van der Waals surface area contributed by atoms with Crippen LogP contribution in [0.5, 0.6) is 5.75 Å². The predicted molar refractivity (Wildman–Crippen MR) is 97.7 cm³/mol. The Morgan fingerprint density at radius 3 is 2.72 bits per heavy atom. The molecular formula is C20H28N2O3. The third kappa shape index (κ3) is 4.98. The number of benzene rings is 1. The summed E-state index contributed by atoms with van der Waals surface area (Å²) in [5, 5.41) is 3.15. The van der Waals surface area contributed by atoms with Crippen molar-refractivity contribution in [2.75, 3.05) is 20.2 Å². The molecule has 0 bridgehead atoms. The van der Waals surface area contributed by atoms with Gasteiger partial charge in [0.05, 0.1) is 19.8 Å². The fourth-order valence-corrected chi connectivity index (χ4v) is 3.45. The normalized spacial score (nSPS) is 21.2. The third-order valence-electron chi connectivity index (χ3n) is 4.99. The molecule has 136 valence electrons. The molecule has 1 aliphatic carbocycles. The van der Waals surface area contributed by atoms with E-state index in [-0.39, 0.29) is 18.2 Å². The molecule has 5 nitrogen and oxygen atoms in total. The number of methoxy groups -OCH3 is 1. The van der Waals surface area contributed by atoms with Crippen LogP contribution in [0.3, 0.4) is 0 Å². The van der Waals surface area contributed by atoms with Crippen molar-refractivity contribution < 1.29 is 14.3 Å². The summed E-state index contributed by atoms with van der Waals surface area (Å²) in [5.41, 5.74) is 1.07. The zero-order valence-electron chi connectivity index (χ0n) is 14.9. The number of piperidine rings is 1. The maximum Gasteiger partial charge on any atom is 0.317 e. The van der Waals surface area contributed by atoms with Gasteiger partial charge in [-0.15, -0.1) is 0 Å². The number of rotatable bonds is 5. The Morgan fingerprint density at radius 1 is 1.20 bits per heavy atom. The van der Waals surface area contributed by atoms with E-state index in [1.807, 2.05) is 29.2 Å². The highest BCUT2D eigenvalue weighted by Gasteiger charge is 2.25. The number of ether oxygens (including phenoxy) is 2. The Morgan fingerprint density at radius 2 is 2.00 bits per heavy atom. The maximum atomic E-state index is 12.4. The first-order chi connectivity index (χ1) is 12.3. The van der Waals surface area contributed by atoms with E-state index in [2.05, 4.69) is 17.5 Å². The highest BCUT2D eigenvalue weighted by atomic mass is 16.5. The molecule has 2 aliphatic rings. The van der Waals surface area contributed by atoms with Crippen molar-refractivity contribution >= 4 is 6.03 Å². The zero-order valence-corrected chi connectivity index (χ0v) is 14.9. The zero-order chi connectivity index (χ0) is 17.5. The van der Waals surface area contributed by atoms with Gasteiger partial charge in [0, 0.05) is 24.7 Å². The number of nitrogens with one attached hydrogen (secondary N) is 1. The van der Waals surface area contributed by atoms with E-state index >= 15 is 0 Å². The molecule has 0 spiro atoms. The quantitative estimate of drug-likeness (QED) is 0.832. The lowest BCUT2D eigenvalue weighted by molar-refractivity contribution is 0.00359. The summed E-state index contributed by atoms with van der Waals surface area (Å²) in [4.78, 5) is 14.3. The first-order valence-electron chi connectivity index (χ1n) is 9.20. The maximum absolute atomic E-state index is 12.4. The summed E-state index contributed by atoms with van der Waals surface area (Å²) in [5.74, 6) is 0.862. The number of carbonyl (C=O) groups excluding carboxylic acids is 1. The molecule has 25 heavy (non-hydrogen) atoms. The van der Waals surface area contributed by atoms with Crippen LogP contribution in [-0.4, -0.2) is 43.3 Å². The summed E-state index contributed by atoms with van der Waals surface area (Å²) in [6, 6.07) is 8.29. The number of urea groups is 1. The van der Waals surface area contributed by atoms with E-state index < -0.39 is 0 Å². The van der Waals surface area contributed by atoms with E-state index in [0.717, 1.165) is 56.5 Å². The van der Waals surface area contributed by atoms with Gasteiger partial charge in [0.25, 0.3) is 0 Å². The van der Waals surface area contributed by atoms with Crippen LogP contribution >= 0.6 is 0 Å². The summed E-state index contributed by atoms with van der Waals surface area (Å²) in [6.07, 6.45) is 9.36. The summed E-state index contributed by atoms with van der Waals surface area (Å²) in [6.45, 7) is 2.06. The second kappa shape index (κ2) is 8.90. The molecule has 0 radical (unpaired) electrons. The largest absolute Gasteiger partial charge is 0.496 e. The van der Waals surface area contributed by atoms with Crippen LogP contribution in [0.1, 0.15) is 37.7 Å². The number of hydrogen-bond donors (Lipinski definition) is 1. The van der Waals surface area contributed by atoms with Gasteiger partial charge in [-0.05, 0) is 38.2 Å². The van der Waals surface area contributed by atoms with Crippen LogP contribution in [-0.2, 0) is 11.3 Å². The number of carbonyl (C=O) groups is 1. The second-order valence-corrected chi connectivity index (χ2v) is 6.74. The Balaban J connectivity index is 1.41. The van der Waals surface area contributed by atoms with Gasteiger partial charge in [-0.3, -0.25) is 0 Å². The highest BCUT2D eigenvalue weighted by Crippen LogP contribution is 2.21. The van der Waals surface area contributed by atoms with Gasteiger partial charge in [-0.2, -0.15) is 0 Å². The lowest BCUT2D eigenvalue weighted by Crippen LogP contribution is -2.49. The topological polar surface area (TPSA) is 50.8 Å². The number of hydrogen-bond acceptors (Lipinski definition) is 3. The van der Waals surface area contributed by atoms with Crippen molar-refractivity contribution in [2.45, 2.75) is 50.9 Å². The molecule has 1 aliphatic heterocycles. The minimum Gasteiger partial charge on any atom is -0.496 e. The number of likely N-dealkylation sites (tertiary alicyclic amines) is 1. The van der Waals surface area contributed by atoms with Gasteiger partial charge in [0.15, 0.2) is 0 Å². The van der Waals surface area contributed by atoms with E-state index in [1.165, 1.54) is 0 Å². The fourth-order valence-electron chi connectivity index (χ4n) is 3.45. The third-order valence-corrected chi connectivity index (χ3v) is 4.99. The molecule has 1 aromatic rings. The van der Waals surface area contributed by atoms with Crippen molar-refractivity contribution in [3.8, 4) is 5.75 Å². The number of nitrogens with zero attached hydrogens (tertiary/aromatic N) is 1. The van der Waals surface area contributed by atoms with E-state index in [4.69, 9.17) is 9.47 Å². The van der Waals surface area contributed by atoms with Gasteiger partial charge in [-0.1, -0.05) is 30.4 Å². The molecule has 1 fully saturated rings. The minimum atomic E-state index is 0.0727. The molecule has 0 unspecified atom stereocenters. The van der Waals surface area contributed by atoms with Crippen LogP contribution < -0.4 is 10.1 Å². The molecular weight excluding hydrogens is 316 g/mol. The standard InChI is InChI=1S/C20H28N2O3/c1-24-19-10-6-5-7-16(19)15-25-18-11-13-22(14-12-18)20(23)21-17-8-3-2-4-9-17/h2-3,5-7,10,17-18H,4,8-9,11-15H2,1H3,(H,21,23)/t17-/m0/s1. The molecule has 1 aromatic carbocycles. The van der Waals surface area contributed by atoms with Crippen molar-refractivity contribution in [1.29, 1.82) is 0 Å². The predicted octanol–water partition coefficient (Wildman–Crippen LogP) is 3.49. The van der Waals surface area contributed by atoms with Crippen LogP contribution in [0.4, 0.5) is 4.79 Å². The van der Waals surface area contributed by atoms with Crippen LogP contribution in [0.15, 0.2) is 36.4 Å². The van der Waals surface area contributed by atoms with Gasteiger partial charge in [0.1, 0.15) is 5.75 Å². The first kappa shape index (κ1) is 17.8. The first-order valence-corrected chi connectivity index (χ1v) is 9.20. The molecule has 2 amide bonds. The lowest BCUT2D eigenvalue weighted by Gasteiger charge is -2.33. The summed E-state index contributed by atoms with van der Waals surface area (Å²) < 4.78 is 11.4. The van der Waals surface area contributed by atoms with Crippen LogP contribution in [0, 0.1) is 0 Å². The average Bonchev–Trinajstić information content (AvgIpc) is 2.67. The molecule has 1 N–H and O–H groups in total. The van der Waals surface area contributed by atoms with Crippen molar-refractivity contribution in [3.63, 3.8) is 0 Å². The fraction of sp³-hybridized carbons (Fsp3) is 0.550. The van der Waals surface area contributed by atoms with Gasteiger partial charge in [-0.25, -0.2) is 4.79 Å². The van der Waals surface area contributed by atoms with Crippen molar-refractivity contribution in [2.24, 2.45) is 0 Å². The summed E-state index contributed by atoms with van der Waals surface area (Å²) >= 11 is 0.